The number of Topliss-reactive ketones (excluding diaryl/α,β-unsaturated/α-hetero) is 1. The van der Waals surface area contributed by atoms with Crippen LogP contribution in [0.3, 0.4) is 0 Å². The number of hydrogen-bond acceptors (Lipinski definition) is 2. The molecule has 0 aromatic heterocycles. The molecule has 0 amide bonds. The molecule has 14 heavy (non-hydrogen) atoms. The number of carbonyl (C=O) groups excluding carboxylic acids is 2. The van der Waals surface area contributed by atoms with E-state index in [0.717, 1.165) is 11.8 Å². The highest BCUT2D eigenvalue weighted by molar-refractivity contribution is 5.96. The minimum absolute atomic E-state index is 0.0253. The van der Waals surface area contributed by atoms with E-state index in [9.17, 15) is 9.59 Å². The summed E-state index contributed by atoms with van der Waals surface area (Å²) in [5, 5.41) is 0. The van der Waals surface area contributed by atoms with Crippen molar-refractivity contribution in [2.45, 2.75) is 19.8 Å². The van der Waals surface area contributed by atoms with Crippen LogP contribution in [-0.4, -0.2) is 12.1 Å². The highest BCUT2D eigenvalue weighted by Gasteiger charge is 2.07. The van der Waals surface area contributed by atoms with Crippen molar-refractivity contribution in [2.75, 3.05) is 0 Å². The molecule has 1 rings (SSSR count). The fraction of sp³-hybridized carbons (Fsp3) is 0.333. The van der Waals surface area contributed by atoms with Crippen LogP contribution in [-0.2, 0) is 4.79 Å². The Morgan fingerprint density at radius 2 is 2.00 bits per heavy atom. The molecule has 0 radical (unpaired) electrons. The Balaban J connectivity index is 2.47. The van der Waals surface area contributed by atoms with E-state index in [0.29, 0.717) is 12.8 Å². The third-order valence-corrected chi connectivity index (χ3v) is 2.15. The van der Waals surface area contributed by atoms with Crippen LogP contribution in [0.25, 0.3) is 0 Å². The van der Waals surface area contributed by atoms with Gasteiger partial charge in [-0.05, 0) is 6.42 Å². The Morgan fingerprint density at radius 1 is 1.36 bits per heavy atom. The molecule has 0 aliphatic heterocycles. The average molecular weight is 190 g/mol. The maximum absolute atomic E-state index is 11.5. The summed E-state index contributed by atoms with van der Waals surface area (Å²) in [5.74, 6) is 0.0852. The Morgan fingerprint density at radius 3 is 2.57 bits per heavy atom. The highest BCUT2D eigenvalue weighted by atomic mass is 16.1. The first-order valence-electron chi connectivity index (χ1n) is 4.77. The zero-order valence-corrected chi connectivity index (χ0v) is 8.27. The van der Waals surface area contributed by atoms with Crippen LogP contribution >= 0.6 is 0 Å². The lowest BCUT2D eigenvalue weighted by atomic mass is 10.0. The SMILES string of the molecule is CC(C=O)CCC(=O)c1ccccc1. The van der Waals surface area contributed by atoms with Gasteiger partial charge in [-0.15, -0.1) is 0 Å². The van der Waals surface area contributed by atoms with Crippen LogP contribution in [0.2, 0.25) is 0 Å². The molecule has 1 unspecified atom stereocenters. The van der Waals surface area contributed by atoms with Crippen molar-refractivity contribution in [3.05, 3.63) is 35.9 Å². The van der Waals surface area contributed by atoms with Crippen molar-refractivity contribution < 1.29 is 9.59 Å². The summed E-state index contributed by atoms with van der Waals surface area (Å²) in [7, 11) is 0. The van der Waals surface area contributed by atoms with Crippen LogP contribution in [0, 0.1) is 5.92 Å². The van der Waals surface area contributed by atoms with E-state index >= 15 is 0 Å². The van der Waals surface area contributed by atoms with Gasteiger partial charge < -0.3 is 4.79 Å². The molecule has 1 atom stereocenters. The van der Waals surface area contributed by atoms with Gasteiger partial charge in [0.05, 0.1) is 0 Å². The van der Waals surface area contributed by atoms with E-state index in [2.05, 4.69) is 0 Å². The van der Waals surface area contributed by atoms with Crippen molar-refractivity contribution in [1.29, 1.82) is 0 Å². The van der Waals surface area contributed by atoms with Gasteiger partial charge in [0.1, 0.15) is 6.29 Å². The molecule has 2 heteroatoms. The third kappa shape index (κ3) is 3.13. The quantitative estimate of drug-likeness (QED) is 0.528. The number of rotatable bonds is 5. The van der Waals surface area contributed by atoms with E-state index in [-0.39, 0.29) is 11.7 Å². The molecule has 0 fully saturated rings. The van der Waals surface area contributed by atoms with Crippen molar-refractivity contribution >= 4 is 12.1 Å². The van der Waals surface area contributed by atoms with Crippen molar-refractivity contribution in [3.8, 4) is 0 Å². The van der Waals surface area contributed by atoms with E-state index in [1.807, 2.05) is 25.1 Å². The lowest BCUT2D eigenvalue weighted by Gasteiger charge is -2.02. The Kier molecular flexibility index (Phi) is 4.05. The molecule has 2 nitrogen and oxygen atoms in total. The van der Waals surface area contributed by atoms with E-state index in [1.54, 1.807) is 12.1 Å². The first-order valence-corrected chi connectivity index (χ1v) is 4.77. The first-order chi connectivity index (χ1) is 6.74. The third-order valence-electron chi connectivity index (χ3n) is 2.15. The standard InChI is InChI=1S/C12H14O2/c1-10(9-13)7-8-12(14)11-5-3-2-4-6-11/h2-6,9-10H,7-8H2,1H3. The number of carbonyl (C=O) groups is 2. The summed E-state index contributed by atoms with van der Waals surface area (Å²) in [6, 6.07) is 9.17. The van der Waals surface area contributed by atoms with Gasteiger partial charge >= 0.3 is 0 Å². The van der Waals surface area contributed by atoms with Crippen LogP contribution < -0.4 is 0 Å². The monoisotopic (exact) mass is 190 g/mol. The molecular formula is C12H14O2. The summed E-state index contributed by atoms with van der Waals surface area (Å²) in [5.41, 5.74) is 0.727. The molecule has 0 aliphatic carbocycles. The largest absolute Gasteiger partial charge is 0.303 e. The van der Waals surface area contributed by atoms with Crippen molar-refractivity contribution in [2.24, 2.45) is 5.92 Å². The summed E-state index contributed by atoms with van der Waals surface area (Å²) in [4.78, 5) is 21.9. The zero-order valence-electron chi connectivity index (χ0n) is 8.27. The molecule has 1 aromatic rings. The molecule has 0 saturated carbocycles. The number of aldehydes is 1. The van der Waals surface area contributed by atoms with Gasteiger partial charge in [0.2, 0.25) is 0 Å². The first kappa shape index (κ1) is 10.6. The normalized spacial score (nSPS) is 12.1. The van der Waals surface area contributed by atoms with Crippen molar-refractivity contribution in [3.63, 3.8) is 0 Å². The minimum Gasteiger partial charge on any atom is -0.303 e. The molecule has 0 aliphatic rings. The van der Waals surface area contributed by atoms with E-state index in [4.69, 9.17) is 0 Å². The second kappa shape index (κ2) is 5.32. The summed E-state index contributed by atoms with van der Waals surface area (Å²) in [6.07, 6.45) is 1.97. The van der Waals surface area contributed by atoms with Gasteiger partial charge in [0, 0.05) is 17.9 Å². The Labute approximate surface area is 83.9 Å². The van der Waals surface area contributed by atoms with Crippen LogP contribution in [0.4, 0.5) is 0 Å². The molecule has 0 saturated heterocycles. The second-order valence-corrected chi connectivity index (χ2v) is 3.44. The maximum atomic E-state index is 11.5. The second-order valence-electron chi connectivity index (χ2n) is 3.44. The molecule has 0 spiro atoms. The Bertz CT molecular complexity index is 303. The maximum Gasteiger partial charge on any atom is 0.162 e. The fourth-order valence-electron chi connectivity index (χ4n) is 1.20. The van der Waals surface area contributed by atoms with Gasteiger partial charge in [-0.1, -0.05) is 37.3 Å². The summed E-state index contributed by atoms with van der Waals surface area (Å²) < 4.78 is 0. The smallest absolute Gasteiger partial charge is 0.162 e. The van der Waals surface area contributed by atoms with Crippen molar-refractivity contribution in [1.82, 2.24) is 0 Å². The molecule has 74 valence electrons. The molecule has 0 heterocycles. The number of hydrogen-bond donors (Lipinski definition) is 0. The zero-order chi connectivity index (χ0) is 10.4. The fourth-order valence-corrected chi connectivity index (χ4v) is 1.20. The minimum atomic E-state index is -0.0253. The van der Waals surface area contributed by atoms with Crippen LogP contribution in [0.1, 0.15) is 30.1 Å². The molecular weight excluding hydrogens is 176 g/mol. The van der Waals surface area contributed by atoms with Gasteiger partial charge in [-0.2, -0.15) is 0 Å². The summed E-state index contributed by atoms with van der Waals surface area (Å²) >= 11 is 0. The molecule has 0 bridgehead atoms. The Hall–Kier alpha value is -1.44. The lowest BCUT2D eigenvalue weighted by molar-refractivity contribution is -0.110. The van der Waals surface area contributed by atoms with E-state index < -0.39 is 0 Å². The number of ketones is 1. The number of benzene rings is 1. The van der Waals surface area contributed by atoms with Gasteiger partial charge in [-0.3, -0.25) is 4.79 Å². The molecule has 1 aromatic carbocycles. The average Bonchev–Trinajstić information content (AvgIpc) is 2.26. The predicted octanol–water partition coefficient (Wildman–Crippen LogP) is 2.48. The predicted molar refractivity (Wildman–Crippen MR) is 55.2 cm³/mol. The lowest BCUT2D eigenvalue weighted by Crippen LogP contribution is -2.03. The van der Waals surface area contributed by atoms with Crippen LogP contribution in [0.15, 0.2) is 30.3 Å². The highest BCUT2D eigenvalue weighted by Crippen LogP contribution is 2.08. The molecule has 0 N–H and O–H groups in total. The van der Waals surface area contributed by atoms with Crippen LogP contribution in [0.5, 0.6) is 0 Å². The van der Waals surface area contributed by atoms with Gasteiger partial charge in [-0.25, -0.2) is 0 Å². The topological polar surface area (TPSA) is 34.1 Å². The van der Waals surface area contributed by atoms with Gasteiger partial charge in [0.25, 0.3) is 0 Å². The van der Waals surface area contributed by atoms with Gasteiger partial charge in [0.15, 0.2) is 5.78 Å². The van der Waals surface area contributed by atoms with E-state index in [1.165, 1.54) is 0 Å². The summed E-state index contributed by atoms with van der Waals surface area (Å²) in [6.45, 7) is 1.82.